The van der Waals surface area contributed by atoms with Gasteiger partial charge in [-0.3, -0.25) is 14.6 Å². The number of urea groups is 1. The zero-order valence-corrected chi connectivity index (χ0v) is 17.8. The van der Waals surface area contributed by atoms with Gasteiger partial charge < -0.3 is 20.4 Å². The molecule has 1 aromatic heterocycles. The van der Waals surface area contributed by atoms with Crippen LogP contribution in [0.25, 0.3) is 0 Å². The molecule has 9 heteroatoms. The zero-order valence-electron chi connectivity index (χ0n) is 17.8. The van der Waals surface area contributed by atoms with Crippen molar-refractivity contribution in [3.8, 4) is 0 Å². The molecule has 0 bridgehead atoms. The number of amides is 4. The first kappa shape index (κ1) is 22.2. The summed E-state index contributed by atoms with van der Waals surface area (Å²) in [7, 11) is 0. The summed E-state index contributed by atoms with van der Waals surface area (Å²) in [6, 6.07) is 8.55. The summed E-state index contributed by atoms with van der Waals surface area (Å²) in [4.78, 5) is 49.3. The molecular formula is C22H28N6O3. The molecule has 1 aromatic carbocycles. The molecule has 1 saturated heterocycles. The Morgan fingerprint density at radius 1 is 1.00 bits per heavy atom. The van der Waals surface area contributed by atoms with Crippen LogP contribution >= 0.6 is 0 Å². The van der Waals surface area contributed by atoms with E-state index in [0.717, 1.165) is 5.56 Å². The van der Waals surface area contributed by atoms with Crippen molar-refractivity contribution < 1.29 is 14.4 Å². The molecule has 1 aliphatic rings. The maximum atomic E-state index is 13.1. The number of nitrogens with zero attached hydrogens (tertiary/aromatic N) is 4. The number of carbonyl (C=O) groups excluding carboxylic acids is 3. The van der Waals surface area contributed by atoms with Crippen LogP contribution in [0.2, 0.25) is 0 Å². The molecule has 1 atom stereocenters. The predicted molar refractivity (Wildman–Crippen MR) is 115 cm³/mol. The minimum atomic E-state index is -0.641. The first-order valence-corrected chi connectivity index (χ1v) is 10.4. The lowest BCUT2D eigenvalue weighted by Gasteiger charge is -2.37. The third-order valence-corrected chi connectivity index (χ3v) is 5.18. The van der Waals surface area contributed by atoms with Gasteiger partial charge in [0.25, 0.3) is 5.91 Å². The Hall–Kier alpha value is -3.49. The fraction of sp³-hybridized carbons (Fsp3) is 0.409. The number of benzene rings is 1. The molecule has 2 heterocycles. The van der Waals surface area contributed by atoms with Gasteiger partial charge >= 0.3 is 6.03 Å². The molecule has 0 aliphatic carbocycles. The molecule has 0 radical (unpaired) electrons. The van der Waals surface area contributed by atoms with Crippen molar-refractivity contribution in [2.45, 2.75) is 26.4 Å². The molecule has 2 N–H and O–H groups in total. The summed E-state index contributed by atoms with van der Waals surface area (Å²) in [6.45, 7) is 5.80. The van der Waals surface area contributed by atoms with E-state index in [1.165, 1.54) is 18.6 Å². The number of hydrogen-bond acceptors (Lipinski definition) is 5. The first-order chi connectivity index (χ1) is 15.0. The number of carbonyl (C=O) groups is 3. The van der Waals surface area contributed by atoms with Crippen LogP contribution in [0.1, 0.15) is 29.9 Å². The van der Waals surface area contributed by atoms with Crippen molar-refractivity contribution in [3.63, 3.8) is 0 Å². The normalized spacial score (nSPS) is 14.8. The Kier molecular flexibility index (Phi) is 7.53. The highest BCUT2D eigenvalue weighted by Crippen LogP contribution is 2.11. The predicted octanol–water partition coefficient (Wildman–Crippen LogP) is 1.29. The molecule has 0 saturated carbocycles. The highest BCUT2D eigenvalue weighted by Gasteiger charge is 2.32. The number of nitrogens with one attached hydrogen (secondary N) is 2. The van der Waals surface area contributed by atoms with Crippen molar-refractivity contribution >= 4 is 17.8 Å². The van der Waals surface area contributed by atoms with Crippen molar-refractivity contribution in [1.29, 1.82) is 0 Å². The Labute approximate surface area is 181 Å². The van der Waals surface area contributed by atoms with Crippen LogP contribution in [0.15, 0.2) is 48.9 Å². The third kappa shape index (κ3) is 6.00. The van der Waals surface area contributed by atoms with E-state index in [1.54, 1.807) is 9.80 Å². The Balaban J connectivity index is 1.52. The summed E-state index contributed by atoms with van der Waals surface area (Å²) in [5.74, 6) is -0.412. The van der Waals surface area contributed by atoms with E-state index in [-0.39, 0.29) is 23.8 Å². The van der Waals surface area contributed by atoms with Crippen molar-refractivity contribution in [2.75, 3.05) is 26.2 Å². The average molecular weight is 425 g/mol. The molecule has 9 nitrogen and oxygen atoms in total. The van der Waals surface area contributed by atoms with E-state index >= 15 is 0 Å². The van der Waals surface area contributed by atoms with Gasteiger partial charge in [-0.1, -0.05) is 44.2 Å². The molecule has 4 amide bonds. The topological polar surface area (TPSA) is 108 Å². The summed E-state index contributed by atoms with van der Waals surface area (Å²) in [6.07, 6.45) is 4.43. The minimum absolute atomic E-state index is 0.0748. The van der Waals surface area contributed by atoms with Crippen molar-refractivity contribution in [3.05, 3.63) is 60.2 Å². The lowest BCUT2D eigenvalue weighted by atomic mass is 10.0. The zero-order chi connectivity index (χ0) is 22.2. The van der Waals surface area contributed by atoms with Gasteiger partial charge in [0.15, 0.2) is 0 Å². The van der Waals surface area contributed by atoms with Crippen LogP contribution in [0.3, 0.4) is 0 Å². The maximum absolute atomic E-state index is 13.1. The Morgan fingerprint density at radius 2 is 1.68 bits per heavy atom. The second-order valence-electron chi connectivity index (χ2n) is 7.74. The van der Waals surface area contributed by atoms with E-state index in [9.17, 15) is 14.4 Å². The Morgan fingerprint density at radius 3 is 2.29 bits per heavy atom. The number of hydrogen-bond donors (Lipinski definition) is 2. The van der Waals surface area contributed by atoms with Crippen molar-refractivity contribution in [1.82, 2.24) is 30.4 Å². The highest BCUT2D eigenvalue weighted by atomic mass is 16.2. The monoisotopic (exact) mass is 424 g/mol. The third-order valence-electron chi connectivity index (χ3n) is 5.18. The number of rotatable bonds is 6. The van der Waals surface area contributed by atoms with Gasteiger partial charge in [-0.25, -0.2) is 9.78 Å². The van der Waals surface area contributed by atoms with Crippen LogP contribution in [-0.2, 0) is 11.3 Å². The standard InChI is InChI=1S/C22H28N6O3/c1-16(2)19(26-22(31)25-14-17-6-4-3-5-7-17)21(30)28-12-10-27(11-13-28)20(29)18-15-23-8-9-24-18/h3-9,15-16,19H,10-14H2,1-2H3,(H2,25,26,31). The fourth-order valence-electron chi connectivity index (χ4n) is 3.38. The fourth-order valence-corrected chi connectivity index (χ4v) is 3.38. The van der Waals surface area contributed by atoms with Crippen LogP contribution in [0, 0.1) is 5.92 Å². The lowest BCUT2D eigenvalue weighted by Crippen LogP contribution is -2.58. The van der Waals surface area contributed by atoms with E-state index in [1.807, 2.05) is 44.2 Å². The van der Waals surface area contributed by atoms with Gasteiger partial charge in [-0.2, -0.15) is 0 Å². The van der Waals surface area contributed by atoms with Crippen molar-refractivity contribution in [2.24, 2.45) is 5.92 Å². The molecule has 3 rings (SSSR count). The van der Waals surface area contributed by atoms with Gasteiger partial charge in [0.1, 0.15) is 11.7 Å². The van der Waals surface area contributed by atoms with Gasteiger partial charge in [-0.05, 0) is 11.5 Å². The van der Waals surface area contributed by atoms with Crippen LogP contribution in [0.4, 0.5) is 4.79 Å². The summed E-state index contributed by atoms with van der Waals surface area (Å²) >= 11 is 0. The SMILES string of the molecule is CC(C)C(NC(=O)NCc1ccccc1)C(=O)N1CCN(C(=O)c2cnccn2)CC1. The summed E-state index contributed by atoms with van der Waals surface area (Å²) in [5, 5.41) is 5.60. The minimum Gasteiger partial charge on any atom is -0.337 e. The molecule has 0 spiro atoms. The van der Waals surface area contributed by atoms with Crippen LogP contribution in [-0.4, -0.2) is 69.8 Å². The maximum Gasteiger partial charge on any atom is 0.315 e. The molecule has 2 aromatic rings. The number of piperazine rings is 1. The molecular weight excluding hydrogens is 396 g/mol. The molecule has 164 valence electrons. The van der Waals surface area contributed by atoms with Gasteiger partial charge in [-0.15, -0.1) is 0 Å². The average Bonchev–Trinajstić information content (AvgIpc) is 2.81. The highest BCUT2D eigenvalue weighted by molar-refractivity contribution is 5.92. The van der Waals surface area contributed by atoms with E-state index in [2.05, 4.69) is 20.6 Å². The second-order valence-corrected chi connectivity index (χ2v) is 7.74. The van der Waals surface area contributed by atoms with Crippen LogP contribution < -0.4 is 10.6 Å². The van der Waals surface area contributed by atoms with E-state index < -0.39 is 6.04 Å². The van der Waals surface area contributed by atoms with Crippen LogP contribution in [0.5, 0.6) is 0 Å². The van der Waals surface area contributed by atoms with E-state index in [0.29, 0.717) is 38.4 Å². The second kappa shape index (κ2) is 10.5. The molecule has 1 unspecified atom stereocenters. The van der Waals surface area contributed by atoms with E-state index in [4.69, 9.17) is 0 Å². The first-order valence-electron chi connectivity index (χ1n) is 10.4. The van der Waals surface area contributed by atoms with Gasteiger partial charge in [0.2, 0.25) is 5.91 Å². The Bertz CT molecular complexity index is 883. The lowest BCUT2D eigenvalue weighted by molar-refractivity contribution is -0.135. The summed E-state index contributed by atoms with van der Waals surface area (Å²) in [5.41, 5.74) is 1.27. The molecule has 31 heavy (non-hydrogen) atoms. The molecule has 1 aliphatic heterocycles. The summed E-state index contributed by atoms with van der Waals surface area (Å²) < 4.78 is 0. The quantitative estimate of drug-likeness (QED) is 0.727. The van der Waals surface area contributed by atoms with Gasteiger partial charge in [0.05, 0.1) is 6.20 Å². The smallest absolute Gasteiger partial charge is 0.315 e. The molecule has 1 fully saturated rings. The number of aromatic nitrogens is 2. The van der Waals surface area contributed by atoms with Gasteiger partial charge in [0, 0.05) is 45.1 Å². The largest absolute Gasteiger partial charge is 0.337 e.